The first-order valence-electron chi connectivity index (χ1n) is 7.08. The Kier molecular flexibility index (Phi) is 4.57. The second-order valence-corrected chi connectivity index (χ2v) is 5.57. The van der Waals surface area contributed by atoms with E-state index in [1.807, 2.05) is 0 Å². The molecule has 3 rings (SSSR count). The highest BCUT2D eigenvalue weighted by Crippen LogP contribution is 2.19. The number of carbonyl (C=O) groups is 1. The third kappa shape index (κ3) is 3.60. The van der Waals surface area contributed by atoms with Crippen molar-refractivity contribution >= 4 is 29.2 Å². The molecule has 122 valence electrons. The lowest BCUT2D eigenvalue weighted by atomic mass is 10.1. The first-order valence-corrected chi connectivity index (χ1v) is 7.45. The van der Waals surface area contributed by atoms with Crippen LogP contribution in [0, 0.1) is 5.82 Å². The Hall–Kier alpha value is -2.73. The molecular formula is C17H12ClFN2O3. The number of nitrogens with zero attached hydrogens (tertiary/aromatic N) is 2. The van der Waals surface area contributed by atoms with Crippen molar-refractivity contribution in [3.05, 3.63) is 70.0 Å². The van der Waals surface area contributed by atoms with Crippen LogP contribution in [0.1, 0.15) is 21.5 Å². The van der Waals surface area contributed by atoms with Crippen LogP contribution in [0.5, 0.6) is 0 Å². The number of carboxylic acid groups (broad SMARTS) is 1. The van der Waals surface area contributed by atoms with E-state index in [0.717, 1.165) is 5.56 Å². The van der Waals surface area contributed by atoms with Gasteiger partial charge in [0.05, 0.1) is 17.8 Å². The fraction of sp³-hybridized carbons (Fsp3) is 0.118. The standard InChI is InChI=1S/C17H12ClFN2O3/c18-15-8-13(19)6-5-12(15)7-14-9-20-16(24-21-14)10-1-3-11(4-2-10)17(22)23/h1-6,8H,7,9H2,(H,22,23). The molecule has 24 heavy (non-hydrogen) atoms. The molecule has 0 fully saturated rings. The van der Waals surface area contributed by atoms with E-state index in [-0.39, 0.29) is 5.56 Å². The van der Waals surface area contributed by atoms with Gasteiger partial charge in [-0.3, -0.25) is 0 Å². The third-order valence-electron chi connectivity index (χ3n) is 3.45. The Bertz CT molecular complexity index is 847. The minimum absolute atomic E-state index is 0.185. The molecule has 0 spiro atoms. The highest BCUT2D eigenvalue weighted by atomic mass is 35.5. The van der Waals surface area contributed by atoms with Crippen LogP contribution in [0.4, 0.5) is 4.39 Å². The van der Waals surface area contributed by atoms with Crippen LogP contribution >= 0.6 is 11.6 Å². The van der Waals surface area contributed by atoms with E-state index in [1.54, 1.807) is 18.2 Å². The number of aliphatic imine (C=N–C) groups is 1. The van der Waals surface area contributed by atoms with E-state index in [2.05, 4.69) is 10.1 Å². The number of aromatic carboxylic acids is 1. The second-order valence-electron chi connectivity index (χ2n) is 5.17. The maximum atomic E-state index is 13.0. The van der Waals surface area contributed by atoms with Crippen molar-refractivity contribution in [1.29, 1.82) is 0 Å². The Morgan fingerprint density at radius 1 is 1.25 bits per heavy atom. The molecule has 0 amide bonds. The summed E-state index contributed by atoms with van der Waals surface area (Å²) < 4.78 is 13.0. The summed E-state index contributed by atoms with van der Waals surface area (Å²) in [5, 5.41) is 13.2. The highest BCUT2D eigenvalue weighted by Gasteiger charge is 2.15. The lowest BCUT2D eigenvalue weighted by molar-refractivity contribution is 0.0697. The molecule has 1 aliphatic rings. The van der Waals surface area contributed by atoms with Crippen molar-refractivity contribution in [2.24, 2.45) is 10.1 Å². The molecule has 1 N–H and O–H groups in total. The van der Waals surface area contributed by atoms with Crippen molar-refractivity contribution in [2.45, 2.75) is 6.42 Å². The van der Waals surface area contributed by atoms with Crippen LogP contribution in [0.3, 0.4) is 0 Å². The van der Waals surface area contributed by atoms with Crippen LogP contribution in [0.25, 0.3) is 0 Å². The number of hydrogen-bond acceptors (Lipinski definition) is 4. The van der Waals surface area contributed by atoms with Crippen LogP contribution < -0.4 is 0 Å². The molecule has 0 aliphatic carbocycles. The molecule has 2 aromatic rings. The van der Waals surface area contributed by atoms with Crippen molar-refractivity contribution in [1.82, 2.24) is 0 Å². The molecule has 0 aromatic heterocycles. The first kappa shape index (κ1) is 16.1. The Morgan fingerprint density at radius 2 is 2.00 bits per heavy atom. The smallest absolute Gasteiger partial charge is 0.335 e. The zero-order chi connectivity index (χ0) is 17.1. The Morgan fingerprint density at radius 3 is 2.58 bits per heavy atom. The summed E-state index contributed by atoms with van der Waals surface area (Å²) in [4.78, 5) is 20.4. The average Bonchev–Trinajstić information content (AvgIpc) is 2.58. The van der Waals surface area contributed by atoms with Crippen LogP contribution in [-0.2, 0) is 11.3 Å². The Balaban J connectivity index is 1.68. The number of rotatable bonds is 4. The minimum Gasteiger partial charge on any atom is -0.478 e. The highest BCUT2D eigenvalue weighted by molar-refractivity contribution is 6.31. The maximum absolute atomic E-state index is 13.0. The number of hydrogen-bond donors (Lipinski definition) is 1. The summed E-state index contributed by atoms with van der Waals surface area (Å²) in [6.07, 6.45) is 0.411. The normalized spacial score (nSPS) is 13.8. The van der Waals surface area contributed by atoms with E-state index in [4.69, 9.17) is 21.5 Å². The quantitative estimate of drug-likeness (QED) is 0.920. The molecule has 5 nitrogen and oxygen atoms in total. The Labute approximate surface area is 142 Å². The number of halogens is 2. The fourth-order valence-electron chi connectivity index (χ4n) is 2.20. The fourth-order valence-corrected chi connectivity index (χ4v) is 2.44. The van der Waals surface area contributed by atoms with E-state index in [0.29, 0.717) is 35.2 Å². The second kappa shape index (κ2) is 6.80. The molecule has 0 radical (unpaired) electrons. The molecule has 0 unspecified atom stereocenters. The SMILES string of the molecule is O=C(O)c1ccc(C2=NCC(Cc3ccc(F)cc3Cl)=NO2)cc1. The third-order valence-corrected chi connectivity index (χ3v) is 3.81. The van der Waals surface area contributed by atoms with Gasteiger partial charge in [-0.15, -0.1) is 0 Å². The molecule has 2 aromatic carbocycles. The van der Waals surface area contributed by atoms with Crippen LogP contribution in [0.2, 0.25) is 5.02 Å². The first-order chi connectivity index (χ1) is 11.5. The van der Waals surface area contributed by atoms with Gasteiger partial charge in [0.15, 0.2) is 0 Å². The van der Waals surface area contributed by atoms with Crippen molar-refractivity contribution in [2.75, 3.05) is 6.54 Å². The van der Waals surface area contributed by atoms with Crippen LogP contribution in [0.15, 0.2) is 52.6 Å². The molecule has 0 bridgehead atoms. The van der Waals surface area contributed by atoms with Crippen molar-refractivity contribution < 1.29 is 19.1 Å². The van der Waals surface area contributed by atoms with Gasteiger partial charge in [0.1, 0.15) is 5.82 Å². The monoisotopic (exact) mass is 346 g/mol. The largest absolute Gasteiger partial charge is 0.478 e. The number of carboxylic acids is 1. The van der Waals surface area contributed by atoms with Gasteiger partial charge < -0.3 is 9.94 Å². The molecule has 0 saturated carbocycles. The molecule has 1 heterocycles. The predicted octanol–water partition coefficient (Wildman–Crippen LogP) is 3.55. The zero-order valence-electron chi connectivity index (χ0n) is 12.4. The van der Waals surface area contributed by atoms with Crippen molar-refractivity contribution in [3.8, 4) is 0 Å². The van der Waals surface area contributed by atoms with Gasteiger partial charge in [0.2, 0.25) is 0 Å². The van der Waals surface area contributed by atoms with Gasteiger partial charge in [0, 0.05) is 17.0 Å². The van der Waals surface area contributed by atoms with Gasteiger partial charge in [0.25, 0.3) is 5.90 Å². The molecule has 0 atom stereocenters. The zero-order valence-corrected chi connectivity index (χ0v) is 13.1. The van der Waals surface area contributed by atoms with Crippen LogP contribution in [-0.4, -0.2) is 29.2 Å². The van der Waals surface area contributed by atoms with E-state index in [9.17, 15) is 9.18 Å². The summed E-state index contributed by atoms with van der Waals surface area (Å²) in [6.45, 7) is 0.323. The predicted molar refractivity (Wildman–Crippen MR) is 88.4 cm³/mol. The number of benzene rings is 2. The molecule has 7 heteroatoms. The van der Waals surface area contributed by atoms with E-state index >= 15 is 0 Å². The summed E-state index contributed by atoms with van der Waals surface area (Å²) in [5.74, 6) is -1.07. The summed E-state index contributed by atoms with van der Waals surface area (Å²) >= 11 is 5.99. The number of oxime groups is 1. The molecule has 0 saturated heterocycles. The van der Waals surface area contributed by atoms with E-state index < -0.39 is 11.8 Å². The summed E-state index contributed by atoms with van der Waals surface area (Å²) in [7, 11) is 0. The summed E-state index contributed by atoms with van der Waals surface area (Å²) in [5.41, 5.74) is 2.23. The van der Waals surface area contributed by atoms with Gasteiger partial charge in [-0.1, -0.05) is 22.8 Å². The summed E-state index contributed by atoms with van der Waals surface area (Å²) in [6, 6.07) is 10.4. The lowest BCUT2D eigenvalue weighted by Crippen LogP contribution is -2.18. The lowest BCUT2D eigenvalue weighted by Gasteiger charge is -2.13. The van der Waals surface area contributed by atoms with Gasteiger partial charge >= 0.3 is 5.97 Å². The van der Waals surface area contributed by atoms with Gasteiger partial charge in [-0.25, -0.2) is 14.2 Å². The van der Waals surface area contributed by atoms with Gasteiger partial charge in [-0.2, -0.15) is 0 Å². The van der Waals surface area contributed by atoms with E-state index in [1.165, 1.54) is 24.3 Å². The van der Waals surface area contributed by atoms with Gasteiger partial charge in [-0.05, 0) is 42.0 Å². The molecular weight excluding hydrogens is 335 g/mol. The molecule has 1 aliphatic heterocycles. The maximum Gasteiger partial charge on any atom is 0.335 e. The van der Waals surface area contributed by atoms with Crippen molar-refractivity contribution in [3.63, 3.8) is 0 Å². The minimum atomic E-state index is -0.996. The average molecular weight is 347 g/mol. The topological polar surface area (TPSA) is 71.2 Å².